The number of amides is 2. The van der Waals surface area contributed by atoms with E-state index in [1.54, 1.807) is 29.3 Å². The van der Waals surface area contributed by atoms with Crippen molar-refractivity contribution < 1.29 is 14.4 Å². The fourth-order valence-corrected chi connectivity index (χ4v) is 4.26. The van der Waals surface area contributed by atoms with Gasteiger partial charge in [0.25, 0.3) is 5.91 Å². The van der Waals surface area contributed by atoms with Gasteiger partial charge in [0.15, 0.2) is 6.10 Å². The van der Waals surface area contributed by atoms with Gasteiger partial charge in [-0.25, -0.2) is 9.96 Å². The van der Waals surface area contributed by atoms with Crippen LogP contribution in [0.3, 0.4) is 0 Å². The highest BCUT2D eigenvalue weighted by atomic mass is 35.5. The summed E-state index contributed by atoms with van der Waals surface area (Å²) in [6.07, 6.45) is -0.883. The lowest BCUT2D eigenvalue weighted by atomic mass is 9.90. The summed E-state index contributed by atoms with van der Waals surface area (Å²) in [7, 11) is 0. The van der Waals surface area contributed by atoms with Crippen LogP contribution in [0.25, 0.3) is 0 Å². The molecule has 0 aliphatic carbocycles. The van der Waals surface area contributed by atoms with Gasteiger partial charge in [-0.05, 0) is 35.9 Å². The lowest BCUT2D eigenvalue weighted by Crippen LogP contribution is -2.37. The van der Waals surface area contributed by atoms with Crippen molar-refractivity contribution in [2.75, 3.05) is 9.96 Å². The molecule has 0 aromatic heterocycles. The largest absolute Gasteiger partial charge is 0.273 e. The molecule has 144 valence electrons. The van der Waals surface area contributed by atoms with E-state index in [1.165, 1.54) is 4.90 Å². The van der Waals surface area contributed by atoms with Gasteiger partial charge in [-0.1, -0.05) is 66.2 Å². The maximum atomic E-state index is 13.4. The van der Waals surface area contributed by atoms with E-state index >= 15 is 0 Å². The van der Waals surface area contributed by atoms with Crippen LogP contribution < -0.4 is 9.96 Å². The van der Waals surface area contributed by atoms with E-state index in [0.717, 1.165) is 11.3 Å². The van der Waals surface area contributed by atoms with Crippen LogP contribution in [0.4, 0.5) is 11.4 Å². The molecule has 0 N–H and O–H groups in total. The average Bonchev–Trinajstić information content (AvgIpc) is 3.26. The Morgan fingerprint density at radius 2 is 1.41 bits per heavy atom. The van der Waals surface area contributed by atoms with E-state index in [4.69, 9.17) is 16.4 Å². The zero-order valence-electron chi connectivity index (χ0n) is 15.3. The Morgan fingerprint density at radius 3 is 2.10 bits per heavy atom. The van der Waals surface area contributed by atoms with Crippen LogP contribution in [0.5, 0.6) is 0 Å². The first-order chi connectivity index (χ1) is 14.1. The van der Waals surface area contributed by atoms with E-state index in [2.05, 4.69) is 0 Å². The molecule has 2 amide bonds. The van der Waals surface area contributed by atoms with Gasteiger partial charge in [-0.3, -0.25) is 14.4 Å². The molecule has 2 saturated heterocycles. The Hall–Kier alpha value is -3.15. The number of hydroxylamine groups is 1. The van der Waals surface area contributed by atoms with Crippen molar-refractivity contribution in [3.05, 3.63) is 95.5 Å². The summed E-state index contributed by atoms with van der Waals surface area (Å²) >= 11 is 6.08. The first-order valence-electron chi connectivity index (χ1n) is 9.34. The fraction of sp³-hybridized carbons (Fsp3) is 0.130. The third kappa shape index (κ3) is 2.90. The molecule has 3 aromatic rings. The second-order valence-electron chi connectivity index (χ2n) is 7.06. The van der Waals surface area contributed by atoms with E-state index in [1.807, 2.05) is 60.7 Å². The Labute approximate surface area is 173 Å². The average molecular weight is 405 g/mol. The van der Waals surface area contributed by atoms with Gasteiger partial charge in [0.2, 0.25) is 5.91 Å². The third-order valence-corrected chi connectivity index (χ3v) is 5.57. The molecular formula is C23H17ClN2O3. The van der Waals surface area contributed by atoms with Crippen LogP contribution in [0.15, 0.2) is 84.9 Å². The third-order valence-electron chi connectivity index (χ3n) is 5.33. The first-order valence-corrected chi connectivity index (χ1v) is 9.72. The number of halogens is 1. The van der Waals surface area contributed by atoms with Gasteiger partial charge in [-0.2, -0.15) is 0 Å². The van der Waals surface area contributed by atoms with Crippen LogP contribution in [-0.2, 0) is 14.4 Å². The maximum Gasteiger partial charge on any atom is 0.266 e. The molecule has 0 spiro atoms. The molecule has 3 atom stereocenters. The van der Waals surface area contributed by atoms with Crippen molar-refractivity contribution in [3.63, 3.8) is 0 Å². The molecule has 0 saturated carbocycles. The second kappa shape index (κ2) is 7.03. The number of fused-ring (bicyclic) bond motifs is 1. The number of nitrogens with zero attached hydrogens (tertiary/aromatic N) is 2. The number of hydrogen-bond donors (Lipinski definition) is 0. The van der Waals surface area contributed by atoms with Gasteiger partial charge in [0.1, 0.15) is 5.92 Å². The van der Waals surface area contributed by atoms with Crippen LogP contribution in [0.1, 0.15) is 11.6 Å². The molecule has 5 rings (SSSR count). The predicted octanol–water partition coefficient (Wildman–Crippen LogP) is 4.39. The summed E-state index contributed by atoms with van der Waals surface area (Å²) in [6, 6.07) is 25.5. The molecule has 0 radical (unpaired) electrons. The zero-order chi connectivity index (χ0) is 20.0. The maximum absolute atomic E-state index is 13.4. The van der Waals surface area contributed by atoms with E-state index < -0.39 is 18.1 Å². The number of carbonyl (C=O) groups is 2. The Balaban J connectivity index is 1.59. The molecular weight excluding hydrogens is 388 g/mol. The lowest BCUT2D eigenvalue weighted by Gasteiger charge is -2.28. The number of imide groups is 1. The van der Waals surface area contributed by atoms with Crippen LogP contribution in [0.2, 0.25) is 5.02 Å². The van der Waals surface area contributed by atoms with E-state index in [9.17, 15) is 9.59 Å². The minimum absolute atomic E-state index is 0.283. The zero-order valence-corrected chi connectivity index (χ0v) is 16.1. The molecule has 5 nitrogen and oxygen atoms in total. The Morgan fingerprint density at radius 1 is 0.759 bits per heavy atom. The number of rotatable bonds is 3. The van der Waals surface area contributed by atoms with E-state index in [0.29, 0.717) is 10.7 Å². The topological polar surface area (TPSA) is 49.9 Å². The van der Waals surface area contributed by atoms with Crippen LogP contribution >= 0.6 is 11.6 Å². The molecule has 6 heteroatoms. The number of benzene rings is 3. The quantitative estimate of drug-likeness (QED) is 0.607. The van der Waals surface area contributed by atoms with Crippen molar-refractivity contribution in [1.82, 2.24) is 0 Å². The number of para-hydroxylation sites is 1. The molecule has 2 fully saturated rings. The minimum Gasteiger partial charge on any atom is -0.273 e. The lowest BCUT2D eigenvalue weighted by molar-refractivity contribution is -0.126. The summed E-state index contributed by atoms with van der Waals surface area (Å²) in [5.74, 6) is -1.31. The van der Waals surface area contributed by atoms with Gasteiger partial charge in [-0.15, -0.1) is 0 Å². The summed E-state index contributed by atoms with van der Waals surface area (Å²) in [5.41, 5.74) is 2.17. The summed E-state index contributed by atoms with van der Waals surface area (Å²) in [4.78, 5) is 33.9. The number of carbonyl (C=O) groups excluding carboxylic acids is 2. The molecule has 3 aromatic carbocycles. The summed E-state index contributed by atoms with van der Waals surface area (Å²) in [6.45, 7) is 0. The molecule has 0 unspecified atom stereocenters. The van der Waals surface area contributed by atoms with E-state index in [-0.39, 0.29) is 11.8 Å². The standard InChI is InChI=1S/C23H17ClN2O3/c24-16-10-7-13-18(14-16)25-22(27)19-20(15-8-3-1-4-9-15)26(29-21(19)23(25)28)17-11-5-2-6-12-17/h1-14,19-21H/t19-,20-,21+/m1/s1. The van der Waals surface area contributed by atoms with Crippen LogP contribution in [0, 0.1) is 5.92 Å². The van der Waals surface area contributed by atoms with Gasteiger partial charge >= 0.3 is 0 Å². The van der Waals surface area contributed by atoms with Gasteiger partial charge in [0.05, 0.1) is 17.4 Å². The van der Waals surface area contributed by atoms with Crippen molar-refractivity contribution in [2.24, 2.45) is 5.92 Å². The second-order valence-corrected chi connectivity index (χ2v) is 7.50. The molecule has 0 bridgehead atoms. The van der Waals surface area contributed by atoms with Crippen molar-refractivity contribution in [2.45, 2.75) is 12.1 Å². The van der Waals surface area contributed by atoms with Crippen LogP contribution in [-0.4, -0.2) is 17.9 Å². The minimum atomic E-state index is -0.883. The molecule has 2 aliphatic rings. The first kappa shape index (κ1) is 17.9. The summed E-state index contributed by atoms with van der Waals surface area (Å²) < 4.78 is 0. The molecule has 2 aliphatic heterocycles. The normalized spacial score (nSPS) is 23.6. The smallest absolute Gasteiger partial charge is 0.266 e. The van der Waals surface area contributed by atoms with Gasteiger partial charge < -0.3 is 0 Å². The van der Waals surface area contributed by atoms with Crippen molar-refractivity contribution in [1.29, 1.82) is 0 Å². The van der Waals surface area contributed by atoms with Crippen molar-refractivity contribution in [3.8, 4) is 0 Å². The highest BCUT2D eigenvalue weighted by Crippen LogP contribution is 2.47. The SMILES string of the molecule is O=C1[C@H]2[C@H](ON(c3ccccc3)[C@@H]2c2ccccc2)C(=O)N1c1cccc(Cl)c1. The molecule has 29 heavy (non-hydrogen) atoms. The monoisotopic (exact) mass is 404 g/mol. The number of anilines is 2. The highest BCUT2D eigenvalue weighted by Gasteiger charge is 2.60. The van der Waals surface area contributed by atoms with Crippen molar-refractivity contribution >= 4 is 34.8 Å². The predicted molar refractivity (Wildman–Crippen MR) is 110 cm³/mol. The number of hydrogen-bond acceptors (Lipinski definition) is 4. The van der Waals surface area contributed by atoms with Gasteiger partial charge in [0, 0.05) is 5.02 Å². The summed E-state index contributed by atoms with van der Waals surface area (Å²) in [5, 5.41) is 2.15. The molecule has 2 heterocycles. The fourth-order valence-electron chi connectivity index (χ4n) is 4.07. The Kier molecular flexibility index (Phi) is 4.34. The highest BCUT2D eigenvalue weighted by molar-refractivity contribution is 6.31. The Bertz CT molecular complexity index is 1070.